The summed E-state index contributed by atoms with van der Waals surface area (Å²) in [4.78, 5) is 14.2. The van der Waals surface area contributed by atoms with Crippen molar-refractivity contribution in [2.75, 3.05) is 12.4 Å². The number of rotatable bonds is 4. The Hall–Kier alpha value is -1.81. The van der Waals surface area contributed by atoms with Gasteiger partial charge < -0.3 is 10.1 Å². The molecule has 0 fully saturated rings. The third kappa shape index (κ3) is 4.08. The maximum absolute atomic E-state index is 11.5. The molecular weight excluding hydrogens is 282 g/mol. The van der Waals surface area contributed by atoms with Gasteiger partial charge in [0.05, 0.1) is 12.7 Å². The third-order valence-electron chi connectivity index (χ3n) is 3.15. The summed E-state index contributed by atoms with van der Waals surface area (Å²) in [6.45, 7) is 7.41. The van der Waals surface area contributed by atoms with Crippen LogP contribution in [0.1, 0.15) is 40.9 Å². The zero-order valence-electron chi connectivity index (χ0n) is 12.9. The van der Waals surface area contributed by atoms with Crippen LogP contribution in [0, 0.1) is 0 Å². The Balaban J connectivity index is 2.03. The summed E-state index contributed by atoms with van der Waals surface area (Å²) in [5, 5.41) is 3.35. The highest BCUT2D eigenvalue weighted by Gasteiger charge is 2.15. The lowest BCUT2D eigenvalue weighted by Crippen LogP contribution is -2.07. The molecule has 0 amide bonds. The minimum atomic E-state index is -0.315. The van der Waals surface area contributed by atoms with Gasteiger partial charge in [-0.05, 0) is 35.7 Å². The van der Waals surface area contributed by atoms with E-state index in [0.29, 0.717) is 5.56 Å². The van der Waals surface area contributed by atoms with E-state index in [1.54, 1.807) is 6.07 Å². The summed E-state index contributed by atoms with van der Waals surface area (Å²) in [6.07, 6.45) is 0. The summed E-state index contributed by atoms with van der Waals surface area (Å²) >= 11 is 1.82. The SMILES string of the molecule is COC(=O)c1cccc(NCc2ccc(C(C)(C)C)s2)c1. The summed E-state index contributed by atoms with van der Waals surface area (Å²) in [5.41, 5.74) is 1.67. The first-order valence-electron chi connectivity index (χ1n) is 6.91. The van der Waals surface area contributed by atoms with Crippen molar-refractivity contribution < 1.29 is 9.53 Å². The van der Waals surface area contributed by atoms with Gasteiger partial charge in [-0.2, -0.15) is 0 Å². The standard InChI is InChI=1S/C17H21NO2S/c1-17(2,3)15-9-8-14(21-15)11-18-13-7-5-6-12(10-13)16(19)20-4/h5-10,18H,11H2,1-4H3. The van der Waals surface area contributed by atoms with E-state index in [0.717, 1.165) is 12.2 Å². The zero-order chi connectivity index (χ0) is 15.5. The average Bonchev–Trinajstić information content (AvgIpc) is 2.93. The molecule has 1 N–H and O–H groups in total. The molecule has 0 unspecified atom stereocenters. The number of nitrogens with one attached hydrogen (secondary N) is 1. The molecule has 112 valence electrons. The van der Waals surface area contributed by atoms with Gasteiger partial charge in [-0.15, -0.1) is 11.3 Å². The van der Waals surface area contributed by atoms with Crippen LogP contribution in [0.3, 0.4) is 0 Å². The van der Waals surface area contributed by atoms with Crippen LogP contribution in [-0.4, -0.2) is 13.1 Å². The summed E-state index contributed by atoms with van der Waals surface area (Å²) in [6, 6.07) is 11.7. The van der Waals surface area contributed by atoms with Gasteiger partial charge in [-0.1, -0.05) is 26.8 Å². The monoisotopic (exact) mass is 303 g/mol. The fourth-order valence-electron chi connectivity index (χ4n) is 1.94. The van der Waals surface area contributed by atoms with Crippen molar-refractivity contribution >= 4 is 23.0 Å². The highest BCUT2D eigenvalue weighted by atomic mass is 32.1. The third-order valence-corrected chi connectivity index (χ3v) is 4.66. The van der Waals surface area contributed by atoms with Crippen LogP contribution in [0.25, 0.3) is 0 Å². The van der Waals surface area contributed by atoms with Gasteiger partial charge in [0.25, 0.3) is 0 Å². The Morgan fingerprint density at radius 2 is 2.00 bits per heavy atom. The highest BCUT2D eigenvalue weighted by Crippen LogP contribution is 2.29. The summed E-state index contributed by atoms with van der Waals surface area (Å²) in [7, 11) is 1.39. The first kappa shape index (κ1) is 15.6. The van der Waals surface area contributed by atoms with Crippen molar-refractivity contribution in [2.45, 2.75) is 32.7 Å². The quantitative estimate of drug-likeness (QED) is 0.848. The number of ether oxygens (including phenoxy) is 1. The maximum Gasteiger partial charge on any atom is 0.337 e. The minimum Gasteiger partial charge on any atom is -0.465 e. The predicted molar refractivity (Wildman–Crippen MR) is 88.1 cm³/mol. The molecule has 0 saturated heterocycles. The number of hydrogen-bond acceptors (Lipinski definition) is 4. The predicted octanol–water partition coefficient (Wildman–Crippen LogP) is 4.44. The van der Waals surface area contributed by atoms with Crippen LogP contribution in [0.5, 0.6) is 0 Å². The lowest BCUT2D eigenvalue weighted by atomic mass is 9.95. The Bertz CT molecular complexity index is 626. The number of anilines is 1. The molecule has 0 bridgehead atoms. The summed E-state index contributed by atoms with van der Waals surface area (Å²) < 4.78 is 4.73. The Morgan fingerprint density at radius 1 is 1.24 bits per heavy atom. The van der Waals surface area contributed by atoms with E-state index >= 15 is 0 Å². The molecule has 0 aliphatic rings. The van der Waals surface area contributed by atoms with Gasteiger partial charge in [0.15, 0.2) is 0 Å². The number of benzene rings is 1. The van der Waals surface area contributed by atoms with E-state index in [-0.39, 0.29) is 11.4 Å². The van der Waals surface area contributed by atoms with E-state index in [4.69, 9.17) is 4.74 Å². The first-order valence-corrected chi connectivity index (χ1v) is 7.73. The number of esters is 1. The Labute approximate surface area is 130 Å². The minimum absolute atomic E-state index is 0.188. The van der Waals surface area contributed by atoms with Gasteiger partial charge in [0.1, 0.15) is 0 Å². The molecule has 0 aliphatic carbocycles. The van der Waals surface area contributed by atoms with Crippen molar-refractivity contribution in [3.05, 3.63) is 51.7 Å². The zero-order valence-corrected chi connectivity index (χ0v) is 13.7. The highest BCUT2D eigenvalue weighted by molar-refractivity contribution is 7.12. The average molecular weight is 303 g/mol. The lowest BCUT2D eigenvalue weighted by Gasteiger charge is -2.15. The van der Waals surface area contributed by atoms with Crippen LogP contribution in [0.15, 0.2) is 36.4 Å². The molecule has 0 spiro atoms. The maximum atomic E-state index is 11.5. The largest absolute Gasteiger partial charge is 0.465 e. The molecule has 21 heavy (non-hydrogen) atoms. The topological polar surface area (TPSA) is 38.3 Å². The molecule has 0 saturated carbocycles. The second-order valence-electron chi connectivity index (χ2n) is 5.94. The Morgan fingerprint density at radius 3 is 2.62 bits per heavy atom. The van der Waals surface area contributed by atoms with Crippen LogP contribution in [-0.2, 0) is 16.7 Å². The van der Waals surface area contributed by atoms with E-state index in [9.17, 15) is 4.79 Å². The second kappa shape index (κ2) is 6.31. The molecule has 4 heteroatoms. The summed E-state index contributed by atoms with van der Waals surface area (Å²) in [5.74, 6) is -0.315. The number of carbonyl (C=O) groups excluding carboxylic acids is 1. The van der Waals surface area contributed by atoms with Gasteiger partial charge >= 0.3 is 5.97 Å². The molecule has 0 atom stereocenters. The molecular formula is C17H21NO2S. The molecule has 1 heterocycles. The van der Waals surface area contributed by atoms with Crippen molar-refractivity contribution in [3.63, 3.8) is 0 Å². The van der Waals surface area contributed by atoms with Gasteiger partial charge in [-0.25, -0.2) is 4.79 Å². The number of hydrogen-bond donors (Lipinski definition) is 1. The second-order valence-corrected chi connectivity index (χ2v) is 7.11. The molecule has 1 aromatic carbocycles. The molecule has 2 aromatic rings. The van der Waals surface area contributed by atoms with Crippen LogP contribution >= 0.6 is 11.3 Å². The van der Waals surface area contributed by atoms with Crippen LogP contribution in [0.4, 0.5) is 5.69 Å². The van der Waals surface area contributed by atoms with Crippen molar-refractivity contribution in [1.29, 1.82) is 0 Å². The molecule has 3 nitrogen and oxygen atoms in total. The number of methoxy groups -OCH3 is 1. The molecule has 1 aromatic heterocycles. The van der Waals surface area contributed by atoms with Crippen molar-refractivity contribution in [2.24, 2.45) is 0 Å². The number of thiophene rings is 1. The van der Waals surface area contributed by atoms with Gasteiger partial charge in [0.2, 0.25) is 0 Å². The smallest absolute Gasteiger partial charge is 0.337 e. The van der Waals surface area contributed by atoms with Gasteiger partial charge in [0, 0.05) is 22.0 Å². The lowest BCUT2D eigenvalue weighted by molar-refractivity contribution is 0.0601. The van der Waals surface area contributed by atoms with Crippen LogP contribution < -0.4 is 5.32 Å². The van der Waals surface area contributed by atoms with Crippen LogP contribution in [0.2, 0.25) is 0 Å². The van der Waals surface area contributed by atoms with E-state index in [2.05, 4.69) is 38.2 Å². The molecule has 0 radical (unpaired) electrons. The normalized spacial score (nSPS) is 11.2. The van der Waals surface area contributed by atoms with Gasteiger partial charge in [-0.3, -0.25) is 0 Å². The van der Waals surface area contributed by atoms with E-state index in [1.807, 2.05) is 29.5 Å². The fraction of sp³-hybridized carbons (Fsp3) is 0.353. The van der Waals surface area contributed by atoms with Crippen molar-refractivity contribution in [1.82, 2.24) is 0 Å². The molecule has 0 aliphatic heterocycles. The first-order chi connectivity index (χ1) is 9.90. The van der Waals surface area contributed by atoms with E-state index in [1.165, 1.54) is 16.9 Å². The van der Waals surface area contributed by atoms with Crippen molar-refractivity contribution in [3.8, 4) is 0 Å². The molecule has 2 rings (SSSR count). The fourth-order valence-corrected chi connectivity index (χ4v) is 2.94. The number of carbonyl (C=O) groups is 1. The Kier molecular flexibility index (Phi) is 4.68. The van der Waals surface area contributed by atoms with E-state index < -0.39 is 0 Å².